The van der Waals surface area contributed by atoms with Crippen LogP contribution in [-0.4, -0.2) is 13.2 Å². The van der Waals surface area contributed by atoms with Crippen molar-refractivity contribution in [3.8, 4) is 11.5 Å². The van der Waals surface area contributed by atoms with Crippen LogP contribution in [0.2, 0.25) is 0 Å². The first-order chi connectivity index (χ1) is 9.25. The minimum atomic E-state index is 0.166. The summed E-state index contributed by atoms with van der Waals surface area (Å²) in [7, 11) is 0. The smallest absolute Gasteiger partial charge is 0.161 e. The number of hydrogen-bond acceptors (Lipinski definition) is 3. The molecule has 0 radical (unpaired) electrons. The van der Waals surface area contributed by atoms with Crippen molar-refractivity contribution in [2.75, 3.05) is 13.2 Å². The summed E-state index contributed by atoms with van der Waals surface area (Å²) in [6.45, 7) is 1.44. The molecule has 1 atom stereocenters. The van der Waals surface area contributed by atoms with Crippen molar-refractivity contribution >= 4 is 43.2 Å². The predicted octanol–water partition coefficient (Wildman–Crippen LogP) is 5.16. The van der Waals surface area contributed by atoms with Crippen LogP contribution in [0.3, 0.4) is 0 Å². The van der Waals surface area contributed by atoms with E-state index in [1.807, 2.05) is 6.07 Å². The molecule has 0 fully saturated rings. The van der Waals surface area contributed by atoms with Crippen LogP contribution >= 0.6 is 43.2 Å². The van der Waals surface area contributed by atoms with Gasteiger partial charge in [0, 0.05) is 15.8 Å². The van der Waals surface area contributed by atoms with Gasteiger partial charge in [-0.3, -0.25) is 0 Å². The van der Waals surface area contributed by atoms with Gasteiger partial charge in [-0.25, -0.2) is 0 Å². The summed E-state index contributed by atoms with van der Waals surface area (Å²) < 4.78 is 12.5. The number of rotatable bonds is 2. The summed E-state index contributed by atoms with van der Waals surface area (Å²) >= 11 is 9.06. The van der Waals surface area contributed by atoms with Crippen molar-refractivity contribution in [1.29, 1.82) is 0 Å². The molecule has 1 aliphatic rings. The van der Waals surface area contributed by atoms with E-state index in [1.54, 1.807) is 11.3 Å². The summed E-state index contributed by atoms with van der Waals surface area (Å²) in [5.41, 5.74) is 1.17. The second kappa shape index (κ2) is 5.85. The van der Waals surface area contributed by atoms with E-state index in [0.717, 1.165) is 29.0 Å². The van der Waals surface area contributed by atoms with Crippen LogP contribution in [0.1, 0.15) is 21.7 Å². The molecule has 0 bridgehead atoms. The van der Waals surface area contributed by atoms with E-state index in [1.165, 1.54) is 10.4 Å². The summed E-state index contributed by atoms with van der Waals surface area (Å²) in [4.78, 5) is 1.42. The minimum Gasteiger partial charge on any atom is -0.490 e. The molecule has 1 aromatic carbocycles. The maximum absolute atomic E-state index is 5.73. The monoisotopic (exact) mass is 402 g/mol. The predicted molar refractivity (Wildman–Crippen MR) is 84.8 cm³/mol. The van der Waals surface area contributed by atoms with Crippen LogP contribution in [0.15, 0.2) is 34.1 Å². The third-order valence-corrected chi connectivity index (χ3v) is 6.16. The zero-order chi connectivity index (χ0) is 13.2. The Morgan fingerprint density at radius 2 is 1.89 bits per heavy atom. The highest BCUT2D eigenvalue weighted by molar-refractivity contribution is 9.11. The molecule has 2 nitrogen and oxygen atoms in total. The van der Waals surface area contributed by atoms with E-state index in [9.17, 15) is 0 Å². The molecular weight excluding hydrogens is 392 g/mol. The first-order valence-electron chi connectivity index (χ1n) is 6.02. The highest BCUT2D eigenvalue weighted by Crippen LogP contribution is 2.41. The lowest BCUT2D eigenvalue weighted by Gasteiger charge is -2.13. The Morgan fingerprint density at radius 1 is 1.11 bits per heavy atom. The van der Waals surface area contributed by atoms with Gasteiger partial charge in [-0.15, -0.1) is 11.3 Å². The van der Waals surface area contributed by atoms with E-state index in [-0.39, 0.29) is 4.83 Å². The standard InChI is InChI=1S/C14H12Br2O2S/c15-10-4-7-19-14(10)13(16)9-2-3-11-12(8-9)18-6-1-5-17-11/h2-4,7-8,13H,1,5-6H2. The van der Waals surface area contributed by atoms with E-state index >= 15 is 0 Å². The number of benzene rings is 1. The van der Waals surface area contributed by atoms with Gasteiger partial charge in [0.05, 0.1) is 18.0 Å². The summed E-state index contributed by atoms with van der Waals surface area (Å²) in [6, 6.07) is 8.20. The number of ether oxygens (including phenoxy) is 2. The van der Waals surface area contributed by atoms with Crippen LogP contribution in [0.4, 0.5) is 0 Å². The van der Waals surface area contributed by atoms with Crippen molar-refractivity contribution in [2.24, 2.45) is 0 Å². The number of thiophene rings is 1. The number of hydrogen-bond donors (Lipinski definition) is 0. The quantitative estimate of drug-likeness (QED) is 0.645. The van der Waals surface area contributed by atoms with Gasteiger partial charge in [-0.2, -0.15) is 0 Å². The molecule has 2 heterocycles. The third kappa shape index (κ3) is 2.83. The first kappa shape index (κ1) is 13.5. The van der Waals surface area contributed by atoms with Crippen LogP contribution in [0.5, 0.6) is 11.5 Å². The fraction of sp³-hybridized carbons (Fsp3) is 0.286. The molecular formula is C14H12Br2O2S. The molecule has 0 saturated heterocycles. The zero-order valence-electron chi connectivity index (χ0n) is 10.1. The molecule has 3 rings (SSSR count). The van der Waals surface area contributed by atoms with E-state index < -0.39 is 0 Å². The molecule has 1 aliphatic heterocycles. The van der Waals surface area contributed by atoms with Gasteiger partial charge in [0.1, 0.15) is 0 Å². The van der Waals surface area contributed by atoms with Gasteiger partial charge < -0.3 is 9.47 Å². The SMILES string of the molecule is Brc1ccsc1C(Br)c1ccc2c(c1)OCCCO2. The Balaban J connectivity index is 1.93. The van der Waals surface area contributed by atoms with Crippen molar-refractivity contribution < 1.29 is 9.47 Å². The molecule has 1 unspecified atom stereocenters. The van der Waals surface area contributed by atoms with Gasteiger partial charge in [-0.1, -0.05) is 22.0 Å². The Hall–Kier alpha value is -0.520. The normalized spacial score (nSPS) is 15.9. The highest BCUT2D eigenvalue weighted by Gasteiger charge is 2.18. The van der Waals surface area contributed by atoms with Crippen molar-refractivity contribution in [1.82, 2.24) is 0 Å². The van der Waals surface area contributed by atoms with Crippen LogP contribution in [-0.2, 0) is 0 Å². The minimum absolute atomic E-state index is 0.166. The number of halogens is 2. The average Bonchev–Trinajstić information content (AvgIpc) is 2.72. The largest absolute Gasteiger partial charge is 0.490 e. The molecule has 100 valence electrons. The fourth-order valence-corrected chi connectivity index (χ4v) is 4.74. The topological polar surface area (TPSA) is 18.5 Å². The maximum Gasteiger partial charge on any atom is 0.161 e. The second-order valence-corrected chi connectivity index (χ2v) is 6.97. The number of alkyl halides is 1. The summed E-state index contributed by atoms with van der Waals surface area (Å²) in [5, 5.41) is 2.08. The third-order valence-electron chi connectivity index (χ3n) is 2.94. The molecule has 0 spiro atoms. The Labute approximate surface area is 133 Å². The highest BCUT2D eigenvalue weighted by atomic mass is 79.9. The van der Waals surface area contributed by atoms with Crippen LogP contribution in [0.25, 0.3) is 0 Å². The van der Waals surface area contributed by atoms with Crippen LogP contribution < -0.4 is 9.47 Å². The molecule has 0 N–H and O–H groups in total. The van der Waals surface area contributed by atoms with Crippen molar-refractivity contribution in [2.45, 2.75) is 11.2 Å². The second-order valence-electron chi connectivity index (χ2n) is 4.25. The molecule has 0 saturated carbocycles. The molecule has 0 amide bonds. The van der Waals surface area contributed by atoms with Gasteiger partial charge >= 0.3 is 0 Å². The first-order valence-corrected chi connectivity index (χ1v) is 8.61. The lowest BCUT2D eigenvalue weighted by molar-refractivity contribution is 0.297. The van der Waals surface area contributed by atoms with E-state index in [0.29, 0.717) is 6.61 Å². The molecule has 1 aromatic heterocycles. The fourth-order valence-electron chi connectivity index (χ4n) is 1.98. The van der Waals surface area contributed by atoms with E-state index in [2.05, 4.69) is 55.4 Å². The molecule has 5 heteroatoms. The summed E-state index contributed by atoms with van der Waals surface area (Å²) in [6.07, 6.45) is 0.929. The lowest BCUT2D eigenvalue weighted by Crippen LogP contribution is -1.97. The van der Waals surface area contributed by atoms with Crippen molar-refractivity contribution in [3.05, 3.63) is 44.6 Å². The van der Waals surface area contributed by atoms with Gasteiger partial charge in [0.15, 0.2) is 11.5 Å². The Bertz CT molecular complexity index is 583. The molecule has 2 aromatic rings. The Morgan fingerprint density at radius 3 is 2.63 bits per heavy atom. The van der Waals surface area contributed by atoms with Crippen molar-refractivity contribution in [3.63, 3.8) is 0 Å². The van der Waals surface area contributed by atoms with E-state index in [4.69, 9.17) is 9.47 Å². The zero-order valence-corrected chi connectivity index (χ0v) is 14.1. The Kier molecular flexibility index (Phi) is 4.15. The van der Waals surface area contributed by atoms with Gasteiger partial charge in [-0.05, 0) is 45.1 Å². The lowest BCUT2D eigenvalue weighted by atomic mass is 10.1. The van der Waals surface area contributed by atoms with Crippen LogP contribution in [0, 0.1) is 0 Å². The number of fused-ring (bicyclic) bond motifs is 1. The molecule has 19 heavy (non-hydrogen) atoms. The van der Waals surface area contributed by atoms with Gasteiger partial charge in [0.2, 0.25) is 0 Å². The molecule has 0 aliphatic carbocycles. The average molecular weight is 404 g/mol. The maximum atomic E-state index is 5.73. The summed E-state index contributed by atoms with van der Waals surface area (Å²) in [5.74, 6) is 1.68. The van der Waals surface area contributed by atoms with Gasteiger partial charge in [0.25, 0.3) is 0 Å².